The van der Waals surface area contributed by atoms with Crippen LogP contribution >= 0.6 is 0 Å². The largest absolute Gasteiger partial charge is 0.368 e. The number of nitrogens with one attached hydrogen (secondary N) is 1. The molecule has 0 radical (unpaired) electrons. The number of aryl methyl sites for hydroxylation is 2. The number of rotatable bonds is 4. The fourth-order valence-corrected chi connectivity index (χ4v) is 3.75. The average Bonchev–Trinajstić information content (AvgIpc) is 3.23. The highest BCUT2D eigenvalue weighted by molar-refractivity contribution is 5.91. The van der Waals surface area contributed by atoms with Crippen molar-refractivity contribution in [2.24, 2.45) is 0 Å². The Hall–Kier alpha value is -4.84. The maximum atomic E-state index is 9.39. The molecule has 9 nitrogen and oxygen atoms in total. The quantitative estimate of drug-likeness (QED) is 0.434. The molecule has 4 heterocycles. The molecule has 9 heteroatoms. The summed E-state index contributed by atoms with van der Waals surface area (Å²) in [6.07, 6.45) is 1.68. The van der Waals surface area contributed by atoms with Crippen LogP contribution in [0.2, 0.25) is 0 Å². The van der Waals surface area contributed by atoms with E-state index < -0.39 is 0 Å². The Labute approximate surface area is 189 Å². The van der Waals surface area contributed by atoms with E-state index in [4.69, 9.17) is 10.7 Å². The number of hydrogen-bond donors (Lipinski definition) is 2. The topological polar surface area (TPSA) is 131 Å². The number of nitrogen functional groups attached to an aromatic ring is 1. The molecule has 0 saturated carbocycles. The Balaban J connectivity index is 1.79. The van der Waals surface area contributed by atoms with Crippen LogP contribution < -0.4 is 11.1 Å². The van der Waals surface area contributed by atoms with Crippen molar-refractivity contribution >= 4 is 23.4 Å². The van der Waals surface area contributed by atoms with Crippen LogP contribution in [-0.4, -0.2) is 29.5 Å². The SMILES string of the molecule is Cc1cc(-c2c(-c3cccc(C#N)c3)nc(N)n3nc(Nc4ccccn4)nc23)cc(C)n1. The minimum atomic E-state index is 0.176. The summed E-state index contributed by atoms with van der Waals surface area (Å²) >= 11 is 0. The molecule has 0 saturated heterocycles. The monoisotopic (exact) mass is 433 g/mol. The molecule has 4 aromatic heterocycles. The molecule has 0 aliphatic rings. The Kier molecular flexibility index (Phi) is 4.88. The van der Waals surface area contributed by atoms with Crippen molar-refractivity contribution < 1.29 is 0 Å². The second-order valence-electron chi connectivity index (χ2n) is 7.54. The first-order chi connectivity index (χ1) is 16.0. The summed E-state index contributed by atoms with van der Waals surface area (Å²) in [5.74, 6) is 1.13. The molecule has 0 spiro atoms. The number of pyridine rings is 2. The predicted molar refractivity (Wildman–Crippen MR) is 126 cm³/mol. The summed E-state index contributed by atoms with van der Waals surface area (Å²) in [5, 5.41) is 17.0. The number of hydrogen-bond acceptors (Lipinski definition) is 8. The van der Waals surface area contributed by atoms with Gasteiger partial charge in [-0.2, -0.15) is 14.8 Å². The molecule has 1 aromatic carbocycles. The highest BCUT2D eigenvalue weighted by atomic mass is 15.4. The highest BCUT2D eigenvalue weighted by Gasteiger charge is 2.21. The van der Waals surface area contributed by atoms with Crippen molar-refractivity contribution in [3.63, 3.8) is 0 Å². The minimum Gasteiger partial charge on any atom is -0.368 e. The molecule has 0 amide bonds. The van der Waals surface area contributed by atoms with Crippen molar-refractivity contribution in [2.45, 2.75) is 13.8 Å². The van der Waals surface area contributed by atoms with Gasteiger partial charge in [-0.1, -0.05) is 18.2 Å². The van der Waals surface area contributed by atoms with Gasteiger partial charge in [0.25, 0.3) is 0 Å². The third-order valence-corrected chi connectivity index (χ3v) is 5.05. The molecular formula is C24H19N9. The van der Waals surface area contributed by atoms with E-state index in [-0.39, 0.29) is 5.95 Å². The summed E-state index contributed by atoms with van der Waals surface area (Å²) in [7, 11) is 0. The smallest absolute Gasteiger partial charge is 0.248 e. The van der Waals surface area contributed by atoms with Gasteiger partial charge >= 0.3 is 0 Å². The summed E-state index contributed by atoms with van der Waals surface area (Å²) in [6.45, 7) is 3.87. The van der Waals surface area contributed by atoms with Gasteiger partial charge in [0, 0.05) is 23.1 Å². The van der Waals surface area contributed by atoms with E-state index in [1.54, 1.807) is 18.3 Å². The first-order valence-electron chi connectivity index (χ1n) is 10.2. The van der Waals surface area contributed by atoms with Crippen LogP contribution in [0.15, 0.2) is 60.8 Å². The second kappa shape index (κ2) is 8.01. The lowest BCUT2D eigenvalue weighted by molar-refractivity contribution is 0.944. The predicted octanol–water partition coefficient (Wildman–Crippen LogP) is 4.06. The van der Waals surface area contributed by atoms with Crippen molar-refractivity contribution in [1.82, 2.24) is 29.5 Å². The van der Waals surface area contributed by atoms with Crippen molar-refractivity contribution in [3.05, 3.63) is 77.7 Å². The lowest BCUT2D eigenvalue weighted by atomic mass is 9.98. The zero-order chi connectivity index (χ0) is 22.9. The van der Waals surface area contributed by atoms with Crippen LogP contribution in [0.3, 0.4) is 0 Å². The lowest BCUT2D eigenvalue weighted by Crippen LogP contribution is -2.06. The third-order valence-electron chi connectivity index (χ3n) is 5.05. The number of nitrogens with two attached hydrogens (primary N) is 1. The fraction of sp³-hybridized carbons (Fsp3) is 0.0833. The van der Waals surface area contributed by atoms with Crippen molar-refractivity contribution in [2.75, 3.05) is 11.1 Å². The molecule has 0 aliphatic heterocycles. The van der Waals surface area contributed by atoms with E-state index in [2.05, 4.69) is 31.4 Å². The van der Waals surface area contributed by atoms with Crippen LogP contribution in [0, 0.1) is 25.2 Å². The van der Waals surface area contributed by atoms with Gasteiger partial charge in [0.15, 0.2) is 5.65 Å². The van der Waals surface area contributed by atoms with E-state index in [1.165, 1.54) is 4.52 Å². The second-order valence-corrected chi connectivity index (χ2v) is 7.54. The van der Waals surface area contributed by atoms with Gasteiger partial charge in [0.05, 0.1) is 22.9 Å². The number of fused-ring (bicyclic) bond motifs is 1. The Bertz CT molecular complexity index is 1510. The molecule has 5 rings (SSSR count). The molecule has 0 aliphatic carbocycles. The molecule has 160 valence electrons. The maximum absolute atomic E-state index is 9.39. The van der Waals surface area contributed by atoms with E-state index in [9.17, 15) is 5.26 Å². The lowest BCUT2D eigenvalue weighted by Gasteiger charge is -2.13. The number of aromatic nitrogens is 6. The van der Waals surface area contributed by atoms with Crippen LogP contribution in [-0.2, 0) is 0 Å². The number of anilines is 3. The normalized spacial score (nSPS) is 10.8. The molecular weight excluding hydrogens is 414 g/mol. The molecule has 0 bridgehead atoms. The van der Waals surface area contributed by atoms with Gasteiger partial charge in [0.1, 0.15) is 5.82 Å². The molecule has 0 fully saturated rings. The Morgan fingerprint density at radius 3 is 2.48 bits per heavy atom. The number of benzene rings is 1. The zero-order valence-electron chi connectivity index (χ0n) is 18.0. The fourth-order valence-electron chi connectivity index (χ4n) is 3.75. The van der Waals surface area contributed by atoms with E-state index in [0.717, 1.165) is 28.1 Å². The van der Waals surface area contributed by atoms with Crippen LogP contribution in [0.25, 0.3) is 28.0 Å². The van der Waals surface area contributed by atoms with E-state index in [1.807, 2.05) is 56.3 Å². The molecule has 5 aromatic rings. The van der Waals surface area contributed by atoms with Gasteiger partial charge in [-0.3, -0.25) is 4.98 Å². The molecule has 0 atom stereocenters. The van der Waals surface area contributed by atoms with Crippen LogP contribution in [0.1, 0.15) is 17.0 Å². The van der Waals surface area contributed by atoms with Gasteiger partial charge < -0.3 is 11.1 Å². The minimum absolute atomic E-state index is 0.176. The first-order valence-corrected chi connectivity index (χ1v) is 10.2. The van der Waals surface area contributed by atoms with Crippen molar-refractivity contribution in [3.8, 4) is 28.5 Å². The van der Waals surface area contributed by atoms with Gasteiger partial charge in [-0.15, -0.1) is 5.10 Å². The summed E-state index contributed by atoms with van der Waals surface area (Å²) in [6, 6.07) is 18.9. The summed E-state index contributed by atoms with van der Waals surface area (Å²) < 4.78 is 1.50. The molecule has 0 unspecified atom stereocenters. The Morgan fingerprint density at radius 1 is 0.939 bits per heavy atom. The van der Waals surface area contributed by atoms with Gasteiger partial charge in [-0.05, 0) is 55.8 Å². The third kappa shape index (κ3) is 3.81. The van der Waals surface area contributed by atoms with Crippen LogP contribution in [0.4, 0.5) is 17.7 Å². The highest BCUT2D eigenvalue weighted by Crippen LogP contribution is 2.36. The Morgan fingerprint density at radius 2 is 1.76 bits per heavy atom. The van der Waals surface area contributed by atoms with Gasteiger partial charge in [0.2, 0.25) is 11.9 Å². The standard InChI is InChI=1S/C24H19N9/c1-14-10-18(11-15(2)28-14)20-21(17-7-5-6-16(12-17)13-25)30-23(26)33-22(20)31-24(32-33)29-19-8-3-4-9-27-19/h3-12H,1-2H3,(H2,26,30)(H,27,29,32). The van der Waals surface area contributed by atoms with Crippen LogP contribution in [0.5, 0.6) is 0 Å². The number of nitrogens with zero attached hydrogens (tertiary/aromatic N) is 7. The average molecular weight is 433 g/mol. The van der Waals surface area contributed by atoms with Crippen molar-refractivity contribution in [1.29, 1.82) is 5.26 Å². The number of nitriles is 1. The van der Waals surface area contributed by atoms with Gasteiger partial charge in [-0.25, -0.2) is 9.97 Å². The first kappa shape index (κ1) is 20.1. The molecule has 33 heavy (non-hydrogen) atoms. The van der Waals surface area contributed by atoms with E-state index >= 15 is 0 Å². The zero-order valence-corrected chi connectivity index (χ0v) is 18.0. The summed E-state index contributed by atoms with van der Waals surface area (Å²) in [5.41, 5.74) is 12.1. The maximum Gasteiger partial charge on any atom is 0.248 e. The molecule has 3 N–H and O–H groups in total. The van der Waals surface area contributed by atoms with E-state index in [0.29, 0.717) is 28.7 Å². The summed E-state index contributed by atoms with van der Waals surface area (Å²) in [4.78, 5) is 18.2.